The Morgan fingerprint density at radius 3 is 3.00 bits per heavy atom. The molecular formula is C15H20O4. The lowest BCUT2D eigenvalue weighted by atomic mass is 9.84. The van der Waals surface area contributed by atoms with Gasteiger partial charge in [0.2, 0.25) is 0 Å². The van der Waals surface area contributed by atoms with Gasteiger partial charge in [0.05, 0.1) is 17.8 Å². The van der Waals surface area contributed by atoms with Crippen LogP contribution in [0.5, 0.6) is 0 Å². The Kier molecular flexibility index (Phi) is 2.84. The zero-order valence-corrected chi connectivity index (χ0v) is 11.4. The maximum absolute atomic E-state index is 11.7. The van der Waals surface area contributed by atoms with Gasteiger partial charge in [-0.1, -0.05) is 18.2 Å². The molecule has 19 heavy (non-hydrogen) atoms. The first-order valence-corrected chi connectivity index (χ1v) is 6.82. The number of fused-ring (bicyclic) bond motifs is 2. The summed E-state index contributed by atoms with van der Waals surface area (Å²) in [6, 6.07) is 0. The maximum atomic E-state index is 11.7. The molecule has 5 atom stereocenters. The Hall–Kier alpha value is -1.13. The van der Waals surface area contributed by atoms with Crippen LogP contribution in [0.15, 0.2) is 23.8 Å². The summed E-state index contributed by atoms with van der Waals surface area (Å²) < 4.78 is 11.1. The maximum Gasteiger partial charge on any atom is 0.334 e. The van der Waals surface area contributed by atoms with Gasteiger partial charge in [-0.05, 0) is 20.3 Å². The van der Waals surface area contributed by atoms with E-state index in [1.807, 2.05) is 19.9 Å². The van der Waals surface area contributed by atoms with Gasteiger partial charge in [-0.2, -0.15) is 0 Å². The van der Waals surface area contributed by atoms with Crippen molar-refractivity contribution in [3.05, 3.63) is 23.8 Å². The molecule has 0 amide bonds. The fraction of sp³-hybridized carbons (Fsp3) is 0.667. The molecule has 0 aromatic rings. The van der Waals surface area contributed by atoms with Gasteiger partial charge in [0.1, 0.15) is 6.10 Å². The first-order chi connectivity index (χ1) is 8.89. The molecule has 1 N–H and O–H groups in total. The summed E-state index contributed by atoms with van der Waals surface area (Å²) in [5, 5.41) is 10.0. The highest BCUT2D eigenvalue weighted by atomic mass is 16.6. The molecule has 5 unspecified atom stereocenters. The van der Waals surface area contributed by atoms with Crippen LogP contribution < -0.4 is 0 Å². The van der Waals surface area contributed by atoms with Crippen LogP contribution in [0.1, 0.15) is 33.1 Å². The van der Waals surface area contributed by atoms with Gasteiger partial charge in [-0.25, -0.2) is 4.79 Å². The van der Waals surface area contributed by atoms with Gasteiger partial charge in [-0.3, -0.25) is 0 Å². The van der Waals surface area contributed by atoms with Crippen molar-refractivity contribution >= 4 is 5.97 Å². The second-order valence-corrected chi connectivity index (χ2v) is 6.22. The largest absolute Gasteiger partial charge is 0.458 e. The van der Waals surface area contributed by atoms with Crippen molar-refractivity contribution in [1.82, 2.24) is 0 Å². The standard InChI is InChI=1S/C15H20O4/c1-8-4-10(16)7-15(3)13(19-15)6-11-9(2)14(17)18-12(11)5-8/h4,10-13,16H,2,5-7H2,1,3H3/b8-4-. The zero-order valence-electron chi connectivity index (χ0n) is 11.4. The van der Waals surface area contributed by atoms with E-state index >= 15 is 0 Å². The van der Waals surface area contributed by atoms with Crippen LogP contribution in [-0.4, -0.2) is 35.0 Å². The van der Waals surface area contributed by atoms with Crippen molar-refractivity contribution in [2.75, 3.05) is 0 Å². The van der Waals surface area contributed by atoms with E-state index in [4.69, 9.17) is 9.47 Å². The predicted octanol–water partition coefficient (Wildman–Crippen LogP) is 1.73. The topological polar surface area (TPSA) is 59.1 Å². The SMILES string of the molecule is C=C1C(=O)OC2C/C(C)=C\C(O)CC3(C)OC3CC12. The molecule has 0 aromatic heterocycles. The fourth-order valence-corrected chi connectivity index (χ4v) is 3.34. The van der Waals surface area contributed by atoms with E-state index in [1.165, 1.54) is 0 Å². The molecule has 3 aliphatic rings. The molecule has 0 spiro atoms. The third-order valence-corrected chi connectivity index (χ3v) is 4.53. The molecular weight excluding hydrogens is 244 g/mol. The minimum absolute atomic E-state index is 0.0397. The molecule has 4 nitrogen and oxygen atoms in total. The van der Waals surface area contributed by atoms with Crippen molar-refractivity contribution in [3.8, 4) is 0 Å². The third kappa shape index (κ3) is 2.23. The van der Waals surface area contributed by atoms with Gasteiger partial charge < -0.3 is 14.6 Å². The number of aliphatic hydroxyl groups excluding tert-OH is 1. The Morgan fingerprint density at radius 1 is 1.53 bits per heavy atom. The third-order valence-electron chi connectivity index (χ3n) is 4.53. The Bertz CT molecular complexity index is 467. The van der Waals surface area contributed by atoms with Gasteiger partial charge in [0.15, 0.2) is 0 Å². The Labute approximate surface area is 113 Å². The molecule has 104 valence electrons. The summed E-state index contributed by atoms with van der Waals surface area (Å²) in [5.41, 5.74) is 1.34. The second kappa shape index (κ2) is 4.18. The lowest BCUT2D eigenvalue weighted by Gasteiger charge is -2.20. The summed E-state index contributed by atoms with van der Waals surface area (Å²) in [4.78, 5) is 11.7. The number of ether oxygens (including phenoxy) is 2. The van der Waals surface area contributed by atoms with Crippen LogP contribution in [0.2, 0.25) is 0 Å². The first-order valence-electron chi connectivity index (χ1n) is 6.82. The van der Waals surface area contributed by atoms with Crippen molar-refractivity contribution < 1.29 is 19.4 Å². The van der Waals surface area contributed by atoms with Crippen molar-refractivity contribution in [2.24, 2.45) is 5.92 Å². The van der Waals surface area contributed by atoms with E-state index in [9.17, 15) is 9.90 Å². The highest BCUT2D eigenvalue weighted by Crippen LogP contribution is 2.48. The lowest BCUT2D eigenvalue weighted by Crippen LogP contribution is -2.25. The molecule has 3 rings (SSSR count). The molecule has 2 saturated heterocycles. The van der Waals surface area contributed by atoms with Crippen molar-refractivity contribution in [1.29, 1.82) is 0 Å². The number of carbonyl (C=O) groups is 1. The summed E-state index contributed by atoms with van der Waals surface area (Å²) in [6.07, 6.45) is 3.31. The van der Waals surface area contributed by atoms with Crippen molar-refractivity contribution in [2.45, 2.75) is 57.0 Å². The number of rotatable bonds is 0. The molecule has 0 bridgehead atoms. The average molecular weight is 264 g/mol. The molecule has 0 saturated carbocycles. The van der Waals surface area contributed by atoms with Crippen LogP contribution in [0.4, 0.5) is 0 Å². The summed E-state index contributed by atoms with van der Waals surface area (Å²) in [6.45, 7) is 7.84. The van der Waals surface area contributed by atoms with Gasteiger partial charge in [-0.15, -0.1) is 0 Å². The normalized spacial score (nSPS) is 48.7. The van der Waals surface area contributed by atoms with Crippen LogP contribution in [0.25, 0.3) is 0 Å². The van der Waals surface area contributed by atoms with E-state index in [1.54, 1.807) is 0 Å². The van der Waals surface area contributed by atoms with Gasteiger partial charge >= 0.3 is 5.97 Å². The summed E-state index contributed by atoms with van der Waals surface area (Å²) in [7, 11) is 0. The minimum atomic E-state index is -0.494. The quantitative estimate of drug-likeness (QED) is 0.313. The average Bonchev–Trinajstić information content (AvgIpc) is 2.84. The van der Waals surface area contributed by atoms with Crippen molar-refractivity contribution in [3.63, 3.8) is 0 Å². The van der Waals surface area contributed by atoms with E-state index in [2.05, 4.69) is 6.58 Å². The monoisotopic (exact) mass is 264 g/mol. The molecule has 2 heterocycles. The van der Waals surface area contributed by atoms with E-state index < -0.39 is 6.10 Å². The van der Waals surface area contributed by atoms with Gasteiger partial charge in [0.25, 0.3) is 0 Å². The Morgan fingerprint density at radius 2 is 2.26 bits per heavy atom. The number of aliphatic hydroxyl groups is 1. The summed E-state index contributed by atoms with van der Waals surface area (Å²) >= 11 is 0. The van der Waals surface area contributed by atoms with Gasteiger partial charge in [0, 0.05) is 24.3 Å². The number of hydrogen-bond donors (Lipinski definition) is 1. The van der Waals surface area contributed by atoms with E-state index in [0.29, 0.717) is 18.4 Å². The minimum Gasteiger partial charge on any atom is -0.458 e. The van der Waals surface area contributed by atoms with Crippen LogP contribution in [0.3, 0.4) is 0 Å². The van der Waals surface area contributed by atoms with Crippen LogP contribution in [-0.2, 0) is 14.3 Å². The number of hydrogen-bond acceptors (Lipinski definition) is 4. The molecule has 2 fully saturated rings. The highest BCUT2D eigenvalue weighted by Gasteiger charge is 2.55. The molecule has 0 radical (unpaired) electrons. The number of carbonyl (C=O) groups excluding carboxylic acids is 1. The Balaban J connectivity index is 1.88. The molecule has 4 heteroatoms. The molecule has 0 aromatic carbocycles. The predicted molar refractivity (Wildman–Crippen MR) is 69.4 cm³/mol. The van der Waals surface area contributed by atoms with Crippen LogP contribution >= 0.6 is 0 Å². The smallest absolute Gasteiger partial charge is 0.334 e. The van der Waals surface area contributed by atoms with E-state index in [0.717, 1.165) is 12.0 Å². The fourth-order valence-electron chi connectivity index (χ4n) is 3.34. The molecule has 1 aliphatic carbocycles. The highest BCUT2D eigenvalue weighted by molar-refractivity contribution is 5.90. The lowest BCUT2D eigenvalue weighted by molar-refractivity contribution is -0.139. The number of esters is 1. The van der Waals surface area contributed by atoms with Crippen LogP contribution in [0, 0.1) is 5.92 Å². The second-order valence-electron chi connectivity index (χ2n) is 6.22. The number of epoxide rings is 1. The summed E-state index contributed by atoms with van der Waals surface area (Å²) in [5.74, 6) is -0.247. The first kappa shape index (κ1) is 12.9. The molecule has 2 aliphatic heterocycles. The van der Waals surface area contributed by atoms with E-state index in [-0.39, 0.29) is 29.7 Å². The zero-order chi connectivity index (χ0) is 13.8.